The van der Waals surface area contributed by atoms with Gasteiger partial charge in [-0.15, -0.1) is 0 Å². The standard InChI is InChI=1S/C30H29NTe/c1-19-15-21(17-30(3,4)5)13-14-22(19)26-16-27(31-18-20(26)2)25-11-8-10-24-23-9-6-7-12-28(23)32-29(24)25/h6-16,18H,17H2,1-5H3/i1D3,2D3,17D2. The van der Waals surface area contributed by atoms with Gasteiger partial charge in [-0.2, -0.15) is 0 Å². The third-order valence-electron chi connectivity index (χ3n) is 5.41. The molecule has 0 fully saturated rings. The average Bonchev–Trinajstić information content (AvgIpc) is 3.25. The van der Waals surface area contributed by atoms with Gasteiger partial charge in [-0.1, -0.05) is 0 Å². The molecule has 0 amide bonds. The Bertz CT molecular complexity index is 1740. The normalized spacial score (nSPS) is 17.0. The van der Waals surface area contributed by atoms with Gasteiger partial charge in [0.05, 0.1) is 0 Å². The molecule has 0 aliphatic carbocycles. The van der Waals surface area contributed by atoms with Gasteiger partial charge in [0, 0.05) is 0 Å². The van der Waals surface area contributed by atoms with E-state index in [4.69, 9.17) is 11.0 Å². The zero-order valence-electron chi connectivity index (χ0n) is 26.3. The first kappa shape index (κ1) is 14.0. The Labute approximate surface area is 212 Å². The molecule has 0 bridgehead atoms. The number of hydrogen-bond donors (Lipinski definition) is 0. The van der Waals surface area contributed by atoms with Crippen LogP contribution >= 0.6 is 0 Å². The van der Waals surface area contributed by atoms with Gasteiger partial charge in [0.15, 0.2) is 0 Å². The van der Waals surface area contributed by atoms with Crippen LogP contribution in [0.3, 0.4) is 0 Å². The number of benzene rings is 3. The van der Waals surface area contributed by atoms with Crippen molar-refractivity contribution in [1.82, 2.24) is 4.98 Å². The van der Waals surface area contributed by atoms with E-state index in [1.54, 1.807) is 39.0 Å². The number of rotatable bonds is 3. The molecule has 2 heteroatoms. The van der Waals surface area contributed by atoms with Crippen LogP contribution in [0.4, 0.5) is 0 Å². The molecule has 3 aromatic carbocycles. The first-order valence-electron chi connectivity index (χ1n) is 14.6. The minimum atomic E-state index is -2.60. The van der Waals surface area contributed by atoms with Gasteiger partial charge >= 0.3 is 212 Å². The number of nitrogens with zero attached hydrogens (tertiary/aromatic N) is 1. The van der Waals surface area contributed by atoms with Crippen LogP contribution in [-0.4, -0.2) is 25.4 Å². The van der Waals surface area contributed by atoms with Crippen molar-refractivity contribution in [2.24, 2.45) is 5.41 Å². The quantitative estimate of drug-likeness (QED) is 0.212. The van der Waals surface area contributed by atoms with Gasteiger partial charge in [-0.05, 0) is 0 Å². The fourth-order valence-corrected chi connectivity index (χ4v) is 7.56. The molecule has 0 N–H and O–H groups in total. The summed E-state index contributed by atoms with van der Waals surface area (Å²) in [5, 5.41) is 2.38. The van der Waals surface area contributed by atoms with E-state index >= 15 is 0 Å². The van der Waals surface area contributed by atoms with Gasteiger partial charge in [-0.3, -0.25) is 0 Å². The molecule has 2 aromatic heterocycles. The number of pyridine rings is 1. The van der Waals surface area contributed by atoms with Crippen molar-refractivity contribution in [3.63, 3.8) is 0 Å². The summed E-state index contributed by atoms with van der Waals surface area (Å²) >= 11 is -0.696. The molecule has 160 valence electrons. The van der Waals surface area contributed by atoms with Crippen LogP contribution in [0, 0.1) is 19.1 Å². The number of hydrogen-bond acceptors (Lipinski definition) is 1. The van der Waals surface area contributed by atoms with E-state index in [1.165, 1.54) is 24.5 Å². The second-order valence-corrected chi connectivity index (χ2v) is 12.0. The first-order chi connectivity index (χ1) is 18.5. The van der Waals surface area contributed by atoms with Crippen LogP contribution in [0.1, 0.15) is 48.4 Å². The van der Waals surface area contributed by atoms with Crippen molar-refractivity contribution in [3.05, 3.63) is 89.6 Å². The molecule has 0 unspecified atom stereocenters. The fraction of sp³-hybridized carbons (Fsp3) is 0.233. The van der Waals surface area contributed by atoms with E-state index in [-0.39, 0.29) is 27.8 Å². The predicted molar refractivity (Wildman–Crippen MR) is 140 cm³/mol. The molecule has 0 saturated heterocycles. The fourth-order valence-electron chi connectivity index (χ4n) is 4.06. The molecule has 1 nitrogen and oxygen atoms in total. The van der Waals surface area contributed by atoms with E-state index in [1.807, 2.05) is 24.3 Å². The van der Waals surface area contributed by atoms with E-state index in [0.717, 1.165) is 10.9 Å². The van der Waals surface area contributed by atoms with Crippen molar-refractivity contribution in [2.45, 2.75) is 40.8 Å². The second kappa shape index (κ2) is 8.18. The SMILES string of the molecule is [2H]C([2H])([2H])c1cnc(-c2cccc3c2[te]c2ccccc23)cc1-c1ccc(C([2H])([2H])C(C)(C)C)cc1C([2H])([2H])[2H]. The first-order valence-corrected chi connectivity index (χ1v) is 12.9. The Morgan fingerprint density at radius 3 is 2.47 bits per heavy atom. The van der Waals surface area contributed by atoms with Crippen molar-refractivity contribution >= 4 is 38.0 Å². The summed E-state index contributed by atoms with van der Waals surface area (Å²) in [4.78, 5) is 4.58. The molecule has 0 atom stereocenters. The van der Waals surface area contributed by atoms with E-state index in [2.05, 4.69) is 23.2 Å². The summed E-state index contributed by atoms with van der Waals surface area (Å²) in [6.45, 7) is 0.151. The zero-order valence-corrected chi connectivity index (χ0v) is 20.6. The molecule has 0 aliphatic rings. The molecule has 0 radical (unpaired) electrons. The third-order valence-corrected chi connectivity index (χ3v) is 8.89. The van der Waals surface area contributed by atoms with Gasteiger partial charge in [-0.25, -0.2) is 0 Å². The molecular weight excluding hydrogens is 502 g/mol. The van der Waals surface area contributed by atoms with Crippen molar-refractivity contribution in [1.29, 1.82) is 0 Å². The number of aromatic nitrogens is 1. The van der Waals surface area contributed by atoms with Crippen LogP contribution in [0.25, 0.3) is 40.0 Å². The van der Waals surface area contributed by atoms with E-state index < -0.39 is 45.9 Å². The Kier molecular flexibility index (Phi) is 3.58. The maximum atomic E-state index is 8.70. The molecule has 5 rings (SSSR count). The summed E-state index contributed by atoms with van der Waals surface area (Å²) in [7, 11) is 0. The van der Waals surface area contributed by atoms with Gasteiger partial charge in [0.25, 0.3) is 0 Å². The summed E-state index contributed by atoms with van der Waals surface area (Å²) in [5.41, 5.74) is 1.35. The van der Waals surface area contributed by atoms with E-state index in [0.29, 0.717) is 5.69 Å². The van der Waals surface area contributed by atoms with Gasteiger partial charge < -0.3 is 0 Å². The average molecular weight is 539 g/mol. The maximum absolute atomic E-state index is 8.70. The van der Waals surface area contributed by atoms with E-state index in [9.17, 15) is 0 Å². The summed E-state index contributed by atoms with van der Waals surface area (Å²) in [6, 6.07) is 20.6. The monoisotopic (exact) mass is 541 g/mol. The number of fused-ring (bicyclic) bond motifs is 3. The molecule has 0 saturated carbocycles. The van der Waals surface area contributed by atoms with Crippen molar-refractivity contribution in [2.75, 3.05) is 0 Å². The second-order valence-electron chi connectivity index (χ2n) is 9.03. The van der Waals surface area contributed by atoms with Gasteiger partial charge in [0.1, 0.15) is 0 Å². The van der Waals surface area contributed by atoms with Crippen LogP contribution in [0.15, 0.2) is 72.9 Å². The van der Waals surface area contributed by atoms with Crippen LogP contribution in [0.5, 0.6) is 0 Å². The van der Waals surface area contributed by atoms with Gasteiger partial charge in [0.2, 0.25) is 0 Å². The molecular formula is C30H29NTe. The summed E-state index contributed by atoms with van der Waals surface area (Å²) in [5.74, 6) is 0. The Morgan fingerprint density at radius 1 is 0.844 bits per heavy atom. The molecule has 0 aliphatic heterocycles. The Hall–Kier alpha value is -2.40. The zero-order chi connectivity index (χ0) is 29.3. The summed E-state index contributed by atoms with van der Waals surface area (Å²) in [6.07, 6.45) is -0.475. The molecule has 32 heavy (non-hydrogen) atoms. The van der Waals surface area contributed by atoms with Crippen molar-refractivity contribution < 1.29 is 11.0 Å². The van der Waals surface area contributed by atoms with Crippen molar-refractivity contribution in [3.8, 4) is 22.4 Å². The van der Waals surface area contributed by atoms with Crippen LogP contribution in [0.2, 0.25) is 0 Å². The molecule has 2 heterocycles. The minimum absolute atomic E-state index is 0.0411. The molecule has 5 aromatic rings. The molecule has 0 spiro atoms. The van der Waals surface area contributed by atoms with Crippen LogP contribution in [-0.2, 0) is 6.37 Å². The topological polar surface area (TPSA) is 12.9 Å². The third kappa shape index (κ3) is 4.03. The Balaban J connectivity index is 1.78. The van der Waals surface area contributed by atoms with Crippen LogP contribution < -0.4 is 0 Å². The Morgan fingerprint density at radius 2 is 1.66 bits per heavy atom. The predicted octanol–water partition coefficient (Wildman–Crippen LogP) is 7.98. The summed E-state index contributed by atoms with van der Waals surface area (Å²) < 4.78 is 69.4. The number of aryl methyl sites for hydroxylation is 2.